The molecule has 4 rings (SSSR count). The summed E-state index contributed by atoms with van der Waals surface area (Å²) < 4.78 is 21.4. The van der Waals surface area contributed by atoms with Crippen molar-refractivity contribution in [2.75, 3.05) is 5.32 Å². The molecule has 10 heteroatoms. The Morgan fingerprint density at radius 3 is 2.54 bits per heavy atom. The van der Waals surface area contributed by atoms with E-state index >= 15 is 0 Å². The van der Waals surface area contributed by atoms with Crippen LogP contribution in [0.1, 0.15) is 35.3 Å². The molecule has 0 aliphatic carbocycles. The lowest BCUT2D eigenvalue weighted by Gasteiger charge is -2.16. The van der Waals surface area contributed by atoms with Gasteiger partial charge in [0.2, 0.25) is 11.5 Å². The average molecular weight is 523 g/mol. The largest absolute Gasteiger partial charge is 0.488 e. The third-order valence-electron chi connectivity index (χ3n) is 5.38. The molecule has 0 fully saturated rings. The summed E-state index contributed by atoms with van der Waals surface area (Å²) in [6, 6.07) is 14.0. The van der Waals surface area contributed by atoms with Gasteiger partial charge in [-0.15, -0.1) is 0 Å². The lowest BCUT2D eigenvalue weighted by molar-refractivity contribution is 0.0992. The highest BCUT2D eigenvalue weighted by molar-refractivity contribution is 6.30. The van der Waals surface area contributed by atoms with E-state index in [1.54, 1.807) is 44.2 Å². The molecule has 2 N–H and O–H groups in total. The lowest BCUT2D eigenvalue weighted by Crippen LogP contribution is -2.28. The van der Waals surface area contributed by atoms with Gasteiger partial charge in [0.1, 0.15) is 0 Å². The summed E-state index contributed by atoms with van der Waals surface area (Å²) in [5, 5.41) is 3.54. The van der Waals surface area contributed by atoms with Crippen molar-refractivity contribution in [3.63, 3.8) is 0 Å². The molecule has 0 aliphatic rings. The van der Waals surface area contributed by atoms with Crippen molar-refractivity contribution in [2.45, 2.75) is 32.9 Å². The number of nitrogens with one attached hydrogen (secondary N) is 2. The fourth-order valence-electron chi connectivity index (χ4n) is 3.59. The molecule has 0 saturated heterocycles. The number of hydrogen-bond acceptors (Lipinski definition) is 6. The number of carbonyl (C=O) groups is 1. The average Bonchev–Trinajstić information content (AvgIpc) is 2.86. The van der Waals surface area contributed by atoms with Gasteiger partial charge in [-0.3, -0.25) is 19.0 Å². The zero-order valence-electron chi connectivity index (χ0n) is 20.1. The summed E-state index contributed by atoms with van der Waals surface area (Å²) in [7, 11) is 0. The van der Waals surface area contributed by atoms with Gasteiger partial charge in [0.25, 0.3) is 5.56 Å². The second-order valence-corrected chi connectivity index (χ2v) is 9.04. The number of hydrogen-bond donors (Lipinski definition) is 2. The number of nitrogens with zero attached hydrogens (tertiary/aromatic N) is 2. The zero-order valence-corrected chi connectivity index (χ0v) is 20.9. The second-order valence-electron chi connectivity index (χ2n) is 8.60. The van der Waals surface area contributed by atoms with Crippen LogP contribution in [0, 0.1) is 5.82 Å². The summed E-state index contributed by atoms with van der Waals surface area (Å²) in [5.41, 5.74) is 0.798. The molecule has 0 unspecified atom stereocenters. The van der Waals surface area contributed by atoms with Gasteiger partial charge in [-0.05, 0) is 49.7 Å². The molecule has 0 radical (unpaired) electrons. The number of ketones is 1. The maximum atomic E-state index is 14.5. The number of carbonyl (C=O) groups excluding carboxylic acids is 1. The molecule has 2 aromatic carbocycles. The highest BCUT2D eigenvalue weighted by atomic mass is 35.5. The molecule has 0 aliphatic heterocycles. The van der Waals surface area contributed by atoms with Crippen LogP contribution in [-0.2, 0) is 13.0 Å². The van der Waals surface area contributed by atoms with E-state index in [1.165, 1.54) is 41.2 Å². The summed E-state index contributed by atoms with van der Waals surface area (Å²) in [6.07, 6.45) is 2.22. The molecule has 190 valence electrons. The topological polar surface area (TPSA) is 106 Å². The zero-order chi connectivity index (χ0) is 26.5. The van der Waals surface area contributed by atoms with Crippen LogP contribution in [-0.4, -0.2) is 26.4 Å². The maximum absolute atomic E-state index is 14.5. The minimum atomic E-state index is -0.562. The standard InChI is InChI=1S/C27H24ClFN4O4/c1-16(2)37-24-9-8-21(12-22(24)29)32-27-31-14-19(11-23(34)18-5-10-25(35)30-13-18)26(36)33(27)15-17-3-6-20(28)7-4-17/h3-10,12-14,16H,11,15H2,1-2H3,(H,30,35)(H,31,32). The quantitative estimate of drug-likeness (QED) is 0.308. The first-order valence-corrected chi connectivity index (χ1v) is 11.9. The number of pyridine rings is 1. The Morgan fingerprint density at radius 1 is 1.14 bits per heavy atom. The van der Waals surface area contributed by atoms with Gasteiger partial charge >= 0.3 is 0 Å². The van der Waals surface area contributed by atoms with Crippen LogP contribution >= 0.6 is 11.6 Å². The maximum Gasteiger partial charge on any atom is 0.258 e. The number of ether oxygens (including phenoxy) is 1. The molecule has 4 aromatic rings. The third kappa shape index (κ3) is 6.50. The van der Waals surface area contributed by atoms with E-state index in [0.717, 1.165) is 5.56 Å². The van der Waals surface area contributed by atoms with Crippen LogP contribution in [0.25, 0.3) is 0 Å². The summed E-state index contributed by atoms with van der Waals surface area (Å²) in [4.78, 5) is 44.3. The molecule has 2 heterocycles. The van der Waals surface area contributed by atoms with E-state index in [2.05, 4.69) is 15.3 Å². The number of rotatable bonds is 9. The van der Waals surface area contributed by atoms with Gasteiger partial charge in [-0.2, -0.15) is 0 Å². The number of Topliss-reactive ketones (excluding diaryl/α,β-unsaturated/α-hetero) is 1. The van der Waals surface area contributed by atoms with Gasteiger partial charge in [-0.1, -0.05) is 23.7 Å². The van der Waals surface area contributed by atoms with Crippen LogP contribution in [0.4, 0.5) is 16.0 Å². The highest BCUT2D eigenvalue weighted by Crippen LogP contribution is 2.24. The number of anilines is 2. The molecule has 0 amide bonds. The van der Waals surface area contributed by atoms with Crippen molar-refractivity contribution in [3.8, 4) is 5.75 Å². The first-order valence-electron chi connectivity index (χ1n) is 11.5. The van der Waals surface area contributed by atoms with Crippen LogP contribution in [0.2, 0.25) is 5.02 Å². The summed E-state index contributed by atoms with van der Waals surface area (Å²) in [5.74, 6) is -0.634. The van der Waals surface area contributed by atoms with E-state index in [9.17, 15) is 18.8 Å². The van der Waals surface area contributed by atoms with Gasteiger partial charge in [0.05, 0.1) is 12.6 Å². The molecular formula is C27H24ClFN4O4. The van der Waals surface area contributed by atoms with Crippen molar-refractivity contribution >= 4 is 29.0 Å². The Balaban J connectivity index is 1.68. The molecular weight excluding hydrogens is 499 g/mol. The molecule has 37 heavy (non-hydrogen) atoms. The summed E-state index contributed by atoms with van der Waals surface area (Å²) >= 11 is 6.00. The van der Waals surface area contributed by atoms with Gasteiger partial charge in [0, 0.05) is 52.8 Å². The van der Waals surface area contributed by atoms with Crippen molar-refractivity contribution in [1.82, 2.24) is 14.5 Å². The first-order chi connectivity index (χ1) is 17.7. The molecule has 0 bridgehead atoms. The van der Waals surface area contributed by atoms with Crippen molar-refractivity contribution in [2.24, 2.45) is 0 Å². The van der Waals surface area contributed by atoms with E-state index in [4.69, 9.17) is 16.3 Å². The van der Waals surface area contributed by atoms with E-state index in [1.807, 2.05) is 0 Å². The number of aromatic nitrogens is 3. The molecule has 8 nitrogen and oxygen atoms in total. The van der Waals surface area contributed by atoms with Gasteiger partial charge in [0.15, 0.2) is 17.3 Å². The molecule has 0 spiro atoms. The molecule has 0 atom stereocenters. The predicted octanol–water partition coefficient (Wildman–Crippen LogP) is 4.73. The Hall–Kier alpha value is -4.24. The molecule has 2 aromatic heterocycles. The molecule has 0 saturated carbocycles. The Morgan fingerprint density at radius 2 is 1.89 bits per heavy atom. The fourth-order valence-corrected chi connectivity index (χ4v) is 3.72. The minimum Gasteiger partial charge on any atom is -0.488 e. The van der Waals surface area contributed by atoms with Crippen LogP contribution in [0.5, 0.6) is 5.75 Å². The number of aromatic amines is 1. The van der Waals surface area contributed by atoms with Crippen LogP contribution < -0.4 is 21.2 Å². The number of benzene rings is 2. The highest BCUT2D eigenvalue weighted by Gasteiger charge is 2.16. The Labute approximate surface area is 216 Å². The van der Waals surface area contributed by atoms with Gasteiger partial charge < -0.3 is 15.0 Å². The van der Waals surface area contributed by atoms with E-state index in [0.29, 0.717) is 10.7 Å². The van der Waals surface area contributed by atoms with Crippen molar-refractivity contribution in [1.29, 1.82) is 0 Å². The smallest absolute Gasteiger partial charge is 0.258 e. The van der Waals surface area contributed by atoms with E-state index < -0.39 is 11.4 Å². The minimum absolute atomic E-state index is 0.114. The number of H-pyrrole nitrogens is 1. The first kappa shape index (κ1) is 25.8. The second kappa shape index (κ2) is 11.2. The normalized spacial score (nSPS) is 10.9. The van der Waals surface area contributed by atoms with Crippen LogP contribution in [0.3, 0.4) is 0 Å². The van der Waals surface area contributed by atoms with Crippen molar-refractivity contribution in [3.05, 3.63) is 115 Å². The number of halogens is 2. The SMILES string of the molecule is CC(C)Oc1ccc(Nc2ncc(CC(=O)c3ccc(=O)[nH]c3)c(=O)n2Cc2ccc(Cl)cc2)cc1F. The Kier molecular flexibility index (Phi) is 7.83. The van der Waals surface area contributed by atoms with Gasteiger partial charge in [-0.25, -0.2) is 9.37 Å². The lowest BCUT2D eigenvalue weighted by atomic mass is 10.1. The fraction of sp³-hybridized carbons (Fsp3) is 0.185. The van der Waals surface area contributed by atoms with Crippen LogP contribution in [0.15, 0.2) is 76.6 Å². The summed E-state index contributed by atoms with van der Waals surface area (Å²) in [6.45, 7) is 3.73. The Bertz CT molecular complexity index is 1530. The third-order valence-corrected chi connectivity index (χ3v) is 5.63. The van der Waals surface area contributed by atoms with Crippen molar-refractivity contribution < 1.29 is 13.9 Å². The monoisotopic (exact) mass is 522 g/mol. The predicted molar refractivity (Wildman–Crippen MR) is 140 cm³/mol. The van der Waals surface area contributed by atoms with E-state index in [-0.39, 0.29) is 53.2 Å².